The summed E-state index contributed by atoms with van der Waals surface area (Å²) in [5, 5.41) is 0. The smallest absolute Gasteiger partial charge is 0.161 e. The minimum atomic E-state index is 0.0535. The van der Waals surface area contributed by atoms with Crippen molar-refractivity contribution < 1.29 is 14.0 Å². The predicted molar refractivity (Wildman–Crippen MR) is 216 cm³/mol. The second-order valence-corrected chi connectivity index (χ2v) is 17.2. The Kier molecular flexibility index (Phi) is 27.2. The highest BCUT2D eigenvalue weighted by Crippen LogP contribution is 2.40. The van der Waals surface area contributed by atoms with Crippen LogP contribution in [-0.4, -0.2) is 50.2 Å². The second-order valence-electron chi connectivity index (χ2n) is 17.2. The number of hydrogen-bond acceptors (Lipinski definition) is 2. The Labute approximate surface area is 308 Å². The molecular formula is C46H88NO2+. The summed E-state index contributed by atoms with van der Waals surface area (Å²) in [6.07, 6.45) is 53.9. The van der Waals surface area contributed by atoms with Gasteiger partial charge in [-0.15, -0.1) is 0 Å². The molecule has 2 aliphatic rings. The Hall–Kier alpha value is -0.640. The first kappa shape index (κ1) is 44.5. The quantitative estimate of drug-likeness (QED) is 0.0381. The number of nitrogens with zero attached hydrogens (tertiary/aromatic N) is 1. The molecule has 3 heteroatoms. The Morgan fingerprint density at radius 3 is 1.22 bits per heavy atom. The summed E-state index contributed by atoms with van der Waals surface area (Å²) in [7, 11) is 6.98. The van der Waals surface area contributed by atoms with Crippen LogP contribution < -0.4 is 0 Å². The predicted octanol–water partition coefficient (Wildman–Crippen LogP) is 14.4. The zero-order valence-corrected chi connectivity index (χ0v) is 34.1. The van der Waals surface area contributed by atoms with E-state index in [1.807, 2.05) is 0 Å². The lowest BCUT2D eigenvalue weighted by Crippen LogP contribution is -2.44. The third-order valence-corrected chi connectivity index (χ3v) is 11.7. The molecule has 0 aromatic heterocycles. The first-order chi connectivity index (χ1) is 24.0. The van der Waals surface area contributed by atoms with E-state index in [2.05, 4.69) is 59.3 Å². The van der Waals surface area contributed by atoms with Gasteiger partial charge in [-0.3, -0.25) is 0 Å². The monoisotopic (exact) mass is 687 g/mol. The number of rotatable bonds is 34. The third-order valence-electron chi connectivity index (χ3n) is 11.7. The molecule has 1 aliphatic carbocycles. The molecule has 2 rings (SSSR count). The fraction of sp³-hybridized carbons (Fsp3) is 0.913. The maximum Gasteiger partial charge on any atom is 0.161 e. The average molecular weight is 687 g/mol. The van der Waals surface area contributed by atoms with Crippen LogP contribution in [0.3, 0.4) is 0 Å². The number of quaternary nitrogens is 1. The van der Waals surface area contributed by atoms with Gasteiger partial charge >= 0.3 is 0 Å². The zero-order chi connectivity index (χ0) is 35.3. The molecular weight excluding hydrogens is 599 g/mol. The molecule has 2 fully saturated rings. The van der Waals surface area contributed by atoms with Gasteiger partial charge in [0.2, 0.25) is 0 Å². The summed E-state index contributed by atoms with van der Waals surface area (Å²) < 4.78 is 14.4. The molecule has 49 heavy (non-hydrogen) atoms. The number of ether oxygens (including phenoxy) is 2. The van der Waals surface area contributed by atoms with Crippen molar-refractivity contribution in [2.24, 2.45) is 5.92 Å². The van der Waals surface area contributed by atoms with Crippen molar-refractivity contribution in [3.05, 3.63) is 24.3 Å². The average Bonchev–Trinajstić information content (AvgIpc) is 3.67. The van der Waals surface area contributed by atoms with Crippen LogP contribution in [0.25, 0.3) is 0 Å². The summed E-state index contributed by atoms with van der Waals surface area (Å²) in [6, 6.07) is 0.669. The summed E-state index contributed by atoms with van der Waals surface area (Å²) in [4.78, 5) is 0. The number of allylic oxidation sites excluding steroid dienone is 4. The van der Waals surface area contributed by atoms with Crippen molar-refractivity contribution in [2.45, 2.75) is 244 Å². The topological polar surface area (TPSA) is 18.5 Å². The first-order valence-electron chi connectivity index (χ1n) is 22.4. The van der Waals surface area contributed by atoms with Crippen LogP contribution in [0, 0.1) is 5.92 Å². The lowest BCUT2D eigenvalue weighted by Gasteiger charge is -2.32. The van der Waals surface area contributed by atoms with Gasteiger partial charge in [0.25, 0.3) is 0 Å². The molecule has 0 bridgehead atoms. The van der Waals surface area contributed by atoms with Gasteiger partial charge in [0.05, 0.1) is 39.4 Å². The van der Waals surface area contributed by atoms with Gasteiger partial charge < -0.3 is 14.0 Å². The molecule has 288 valence electrons. The minimum Gasteiger partial charge on any atom is -0.346 e. The van der Waals surface area contributed by atoms with E-state index in [9.17, 15) is 0 Å². The van der Waals surface area contributed by atoms with Crippen molar-refractivity contribution >= 4 is 0 Å². The molecule has 1 aliphatic heterocycles. The van der Waals surface area contributed by atoms with Crippen molar-refractivity contribution in [1.29, 1.82) is 0 Å². The van der Waals surface area contributed by atoms with E-state index < -0.39 is 0 Å². The van der Waals surface area contributed by atoms with Crippen molar-refractivity contribution in [2.75, 3.05) is 21.1 Å². The first-order valence-corrected chi connectivity index (χ1v) is 22.4. The number of hydrogen-bond donors (Lipinski definition) is 0. The molecule has 1 heterocycles. The van der Waals surface area contributed by atoms with Gasteiger partial charge in [-0.25, -0.2) is 0 Å². The van der Waals surface area contributed by atoms with E-state index in [1.165, 1.54) is 199 Å². The fourth-order valence-corrected chi connectivity index (χ4v) is 8.22. The van der Waals surface area contributed by atoms with Gasteiger partial charge in [0.15, 0.2) is 6.29 Å². The molecule has 0 radical (unpaired) electrons. The van der Waals surface area contributed by atoms with Crippen molar-refractivity contribution in [3.63, 3.8) is 0 Å². The van der Waals surface area contributed by atoms with Crippen molar-refractivity contribution in [3.8, 4) is 0 Å². The Bertz CT molecular complexity index is 770. The molecule has 1 saturated heterocycles. The lowest BCUT2D eigenvalue weighted by atomic mass is 9.93. The van der Waals surface area contributed by atoms with Crippen LogP contribution in [0.1, 0.15) is 219 Å². The van der Waals surface area contributed by atoms with Crippen LogP contribution >= 0.6 is 0 Å². The van der Waals surface area contributed by atoms with Crippen LogP contribution in [0.2, 0.25) is 0 Å². The van der Waals surface area contributed by atoms with Crippen molar-refractivity contribution in [1.82, 2.24) is 0 Å². The van der Waals surface area contributed by atoms with E-state index in [0.717, 1.165) is 10.9 Å². The maximum atomic E-state index is 6.69. The SMILES string of the molecule is CCCCC/C=C\C/C=C\CCCCCCCCC(CCCCCCCCCCCCCCCCCC)C1O[C@H]2CC([N+](C)(C)C)C[C@H]2O1. The van der Waals surface area contributed by atoms with E-state index >= 15 is 0 Å². The van der Waals surface area contributed by atoms with Crippen LogP contribution in [-0.2, 0) is 9.47 Å². The van der Waals surface area contributed by atoms with Gasteiger partial charge in [0, 0.05) is 18.8 Å². The maximum absolute atomic E-state index is 6.69. The van der Waals surface area contributed by atoms with Gasteiger partial charge in [-0.05, 0) is 44.9 Å². The number of fused-ring (bicyclic) bond motifs is 1. The Balaban J connectivity index is 1.55. The van der Waals surface area contributed by atoms with Gasteiger partial charge in [0.1, 0.15) is 0 Å². The summed E-state index contributed by atoms with van der Waals surface area (Å²) in [5.41, 5.74) is 0. The van der Waals surface area contributed by atoms with Gasteiger partial charge in [-0.2, -0.15) is 0 Å². The van der Waals surface area contributed by atoms with E-state index in [4.69, 9.17) is 9.47 Å². The highest BCUT2D eigenvalue weighted by molar-refractivity contribution is 4.93. The minimum absolute atomic E-state index is 0.0535. The molecule has 0 N–H and O–H groups in total. The Morgan fingerprint density at radius 2 is 0.816 bits per heavy atom. The molecule has 0 aromatic carbocycles. The molecule has 3 nitrogen and oxygen atoms in total. The molecule has 1 saturated carbocycles. The van der Waals surface area contributed by atoms with Crippen LogP contribution in [0.15, 0.2) is 24.3 Å². The molecule has 0 amide bonds. The normalized spacial score (nSPS) is 21.8. The molecule has 0 spiro atoms. The molecule has 5 atom stereocenters. The largest absolute Gasteiger partial charge is 0.346 e. The van der Waals surface area contributed by atoms with Gasteiger partial charge in [-0.1, -0.05) is 186 Å². The summed E-state index contributed by atoms with van der Waals surface area (Å²) in [6.45, 7) is 4.58. The zero-order valence-electron chi connectivity index (χ0n) is 34.1. The summed E-state index contributed by atoms with van der Waals surface area (Å²) in [5.74, 6) is 0.589. The van der Waals surface area contributed by atoms with E-state index in [-0.39, 0.29) is 6.29 Å². The van der Waals surface area contributed by atoms with Crippen LogP contribution in [0.4, 0.5) is 0 Å². The molecule has 0 aromatic rings. The Morgan fingerprint density at radius 1 is 0.469 bits per heavy atom. The number of unbranched alkanes of at least 4 members (excludes halogenated alkanes) is 24. The van der Waals surface area contributed by atoms with E-state index in [0.29, 0.717) is 24.2 Å². The highest BCUT2D eigenvalue weighted by Gasteiger charge is 2.49. The lowest BCUT2D eigenvalue weighted by molar-refractivity contribution is -0.895. The molecule has 3 unspecified atom stereocenters. The fourth-order valence-electron chi connectivity index (χ4n) is 8.22. The van der Waals surface area contributed by atoms with Crippen LogP contribution in [0.5, 0.6) is 0 Å². The second kappa shape index (κ2) is 29.9. The van der Waals surface area contributed by atoms with E-state index in [1.54, 1.807) is 0 Å². The standard InChI is InChI=1S/C46H88NO2/c1-6-8-10-12-14-16-18-20-22-24-26-28-30-32-34-36-38-42(46-48-44-40-43(47(3,4)5)41-45(44)49-46)39-37-35-33-31-29-27-25-23-21-19-17-15-13-11-9-7-2/h14,16,20,22,42-46H,6-13,15,17-19,21,23-41H2,1-5H3/q+1/b16-14-,22-20-/t42?,43?,44-,45+,46?. The highest BCUT2D eigenvalue weighted by atomic mass is 16.7. The summed E-state index contributed by atoms with van der Waals surface area (Å²) >= 11 is 0. The third kappa shape index (κ3) is 22.8.